The van der Waals surface area contributed by atoms with Crippen molar-refractivity contribution < 1.29 is 4.79 Å². The smallest absolute Gasteiger partial charge is 0.221 e. The van der Waals surface area contributed by atoms with Crippen molar-refractivity contribution in [1.29, 1.82) is 0 Å². The maximum absolute atomic E-state index is 11.3. The molecule has 0 bridgehead atoms. The Kier molecular flexibility index (Phi) is 9.87. The van der Waals surface area contributed by atoms with Crippen LogP contribution in [0.25, 0.3) is 0 Å². The molecule has 3 N–H and O–H groups in total. The van der Waals surface area contributed by atoms with E-state index in [1.165, 1.54) is 12.5 Å². The Morgan fingerprint density at radius 2 is 1.73 bits per heavy atom. The van der Waals surface area contributed by atoms with Crippen LogP contribution < -0.4 is 16.0 Å². The molecule has 0 saturated carbocycles. The van der Waals surface area contributed by atoms with Crippen molar-refractivity contribution in [2.45, 2.75) is 40.3 Å². The minimum atomic E-state index is -0.0750. The highest BCUT2D eigenvalue weighted by molar-refractivity contribution is 5.88. The van der Waals surface area contributed by atoms with Crippen LogP contribution in [0.2, 0.25) is 0 Å². The summed E-state index contributed by atoms with van der Waals surface area (Å²) in [4.78, 5) is 18.5. The summed E-state index contributed by atoms with van der Waals surface area (Å²) >= 11 is 0. The summed E-state index contributed by atoms with van der Waals surface area (Å²) in [6, 6.07) is 18.7. The van der Waals surface area contributed by atoms with Gasteiger partial charge in [-0.2, -0.15) is 0 Å². The number of benzene rings is 2. The van der Waals surface area contributed by atoms with Crippen LogP contribution in [0.15, 0.2) is 59.6 Å². The second kappa shape index (κ2) is 12.6. The first-order valence-corrected chi connectivity index (χ1v) is 10.7. The maximum Gasteiger partial charge on any atom is 0.221 e. The van der Waals surface area contributed by atoms with Crippen LogP contribution in [0.5, 0.6) is 0 Å². The van der Waals surface area contributed by atoms with Gasteiger partial charge in [0.15, 0.2) is 5.96 Å². The molecule has 1 unspecified atom stereocenters. The van der Waals surface area contributed by atoms with Crippen LogP contribution in [0.4, 0.5) is 5.69 Å². The van der Waals surface area contributed by atoms with Crippen LogP contribution >= 0.6 is 0 Å². The van der Waals surface area contributed by atoms with Crippen LogP contribution in [-0.4, -0.2) is 42.9 Å². The molecule has 2 aromatic rings. The SMILES string of the molecule is CCNC(=NCc1cccc(NC(C)=O)c1)NCC(c1ccccc1)N(CC)CC. The Hall–Kier alpha value is -2.86. The van der Waals surface area contributed by atoms with Gasteiger partial charge in [0.2, 0.25) is 5.91 Å². The Balaban J connectivity index is 2.10. The van der Waals surface area contributed by atoms with Crippen LogP contribution in [0.1, 0.15) is 44.9 Å². The summed E-state index contributed by atoms with van der Waals surface area (Å²) in [5, 5.41) is 9.66. The zero-order valence-electron chi connectivity index (χ0n) is 18.6. The second-order valence-electron chi connectivity index (χ2n) is 7.11. The lowest BCUT2D eigenvalue weighted by Crippen LogP contribution is -2.43. The number of carbonyl (C=O) groups excluding carboxylic acids is 1. The molecule has 0 aliphatic rings. The average molecular weight is 410 g/mol. The van der Waals surface area contributed by atoms with Gasteiger partial charge in [-0.15, -0.1) is 0 Å². The summed E-state index contributed by atoms with van der Waals surface area (Å²) < 4.78 is 0. The zero-order chi connectivity index (χ0) is 21.8. The number of rotatable bonds is 10. The second-order valence-corrected chi connectivity index (χ2v) is 7.11. The molecule has 1 amide bonds. The van der Waals surface area contributed by atoms with Crippen LogP contribution in [0, 0.1) is 0 Å². The van der Waals surface area contributed by atoms with E-state index in [-0.39, 0.29) is 11.9 Å². The first kappa shape index (κ1) is 23.4. The fourth-order valence-corrected chi connectivity index (χ4v) is 3.45. The third-order valence-electron chi connectivity index (χ3n) is 4.91. The minimum absolute atomic E-state index is 0.0750. The van der Waals surface area contributed by atoms with E-state index in [2.05, 4.69) is 72.0 Å². The molecule has 6 nitrogen and oxygen atoms in total. The van der Waals surface area contributed by atoms with Gasteiger partial charge in [0.1, 0.15) is 0 Å². The van der Waals surface area contributed by atoms with E-state index in [0.717, 1.165) is 43.4 Å². The fourth-order valence-electron chi connectivity index (χ4n) is 3.45. The predicted octanol–water partition coefficient (Wildman–Crippen LogP) is 3.78. The van der Waals surface area contributed by atoms with Gasteiger partial charge >= 0.3 is 0 Å². The molecule has 0 saturated heterocycles. The Morgan fingerprint density at radius 3 is 2.37 bits per heavy atom. The number of likely N-dealkylation sites (N-methyl/N-ethyl adjacent to an activating group) is 1. The number of anilines is 1. The molecule has 2 rings (SSSR count). The van der Waals surface area contributed by atoms with E-state index in [0.29, 0.717) is 6.54 Å². The van der Waals surface area contributed by atoms with Crippen molar-refractivity contribution >= 4 is 17.6 Å². The van der Waals surface area contributed by atoms with E-state index >= 15 is 0 Å². The number of amides is 1. The van der Waals surface area contributed by atoms with Gasteiger partial charge in [-0.25, -0.2) is 4.99 Å². The highest BCUT2D eigenvalue weighted by Crippen LogP contribution is 2.19. The summed E-state index contributed by atoms with van der Waals surface area (Å²) in [6.07, 6.45) is 0. The molecule has 0 aromatic heterocycles. The van der Waals surface area contributed by atoms with Crippen LogP contribution in [-0.2, 0) is 11.3 Å². The van der Waals surface area contributed by atoms with E-state index < -0.39 is 0 Å². The van der Waals surface area contributed by atoms with Crippen molar-refractivity contribution in [3.05, 3.63) is 65.7 Å². The lowest BCUT2D eigenvalue weighted by molar-refractivity contribution is -0.114. The maximum atomic E-state index is 11.3. The van der Waals surface area contributed by atoms with Crippen molar-refractivity contribution in [2.75, 3.05) is 31.5 Å². The summed E-state index contributed by atoms with van der Waals surface area (Å²) in [5.41, 5.74) is 3.13. The quantitative estimate of drug-likeness (QED) is 0.413. The topological polar surface area (TPSA) is 68.8 Å². The lowest BCUT2D eigenvalue weighted by Gasteiger charge is -2.30. The van der Waals surface area contributed by atoms with E-state index in [9.17, 15) is 4.79 Å². The van der Waals surface area contributed by atoms with Crippen molar-refractivity contribution in [1.82, 2.24) is 15.5 Å². The lowest BCUT2D eigenvalue weighted by atomic mass is 10.1. The number of nitrogens with zero attached hydrogens (tertiary/aromatic N) is 2. The molecule has 0 aliphatic carbocycles. The molecular weight excluding hydrogens is 374 g/mol. The van der Waals surface area contributed by atoms with Gasteiger partial charge < -0.3 is 16.0 Å². The Labute approximate surface area is 180 Å². The Morgan fingerprint density at radius 1 is 1.00 bits per heavy atom. The molecule has 6 heteroatoms. The number of guanidine groups is 1. The highest BCUT2D eigenvalue weighted by atomic mass is 16.1. The number of nitrogens with one attached hydrogen (secondary N) is 3. The molecule has 0 spiro atoms. The number of carbonyl (C=O) groups is 1. The molecular formula is C24H35N5O. The number of hydrogen-bond acceptors (Lipinski definition) is 3. The summed E-state index contributed by atoms with van der Waals surface area (Å²) in [5.74, 6) is 0.713. The molecule has 0 radical (unpaired) electrons. The van der Waals surface area contributed by atoms with Crippen molar-refractivity contribution in [3.8, 4) is 0 Å². The van der Waals surface area contributed by atoms with Gasteiger partial charge in [-0.05, 0) is 43.3 Å². The zero-order valence-corrected chi connectivity index (χ0v) is 18.6. The fraction of sp³-hybridized carbons (Fsp3) is 0.417. The van der Waals surface area contributed by atoms with Gasteiger partial charge in [0, 0.05) is 25.7 Å². The average Bonchev–Trinajstić information content (AvgIpc) is 2.75. The summed E-state index contributed by atoms with van der Waals surface area (Å²) in [7, 11) is 0. The van der Waals surface area contributed by atoms with E-state index in [1.54, 1.807) is 0 Å². The highest BCUT2D eigenvalue weighted by Gasteiger charge is 2.18. The Bertz CT molecular complexity index is 802. The molecule has 2 aromatic carbocycles. The molecule has 1 atom stereocenters. The normalized spacial score (nSPS) is 12.5. The first-order valence-electron chi connectivity index (χ1n) is 10.7. The van der Waals surface area contributed by atoms with Gasteiger partial charge in [-0.1, -0.05) is 56.3 Å². The third-order valence-corrected chi connectivity index (χ3v) is 4.91. The minimum Gasteiger partial charge on any atom is -0.357 e. The molecule has 0 aliphatic heterocycles. The van der Waals surface area contributed by atoms with Gasteiger partial charge in [0.25, 0.3) is 0 Å². The molecule has 162 valence electrons. The van der Waals surface area contributed by atoms with Gasteiger partial charge in [-0.3, -0.25) is 9.69 Å². The molecule has 0 heterocycles. The largest absolute Gasteiger partial charge is 0.357 e. The van der Waals surface area contributed by atoms with Crippen molar-refractivity contribution in [3.63, 3.8) is 0 Å². The molecule has 0 fully saturated rings. The first-order chi connectivity index (χ1) is 14.6. The van der Waals surface area contributed by atoms with Crippen LogP contribution in [0.3, 0.4) is 0 Å². The van der Waals surface area contributed by atoms with E-state index in [4.69, 9.17) is 4.99 Å². The standard InChI is InChI=1S/C24H35N5O/c1-5-25-24(26-17-20-12-11-15-22(16-20)28-19(4)30)27-18-23(29(6-2)7-3)21-13-9-8-10-14-21/h8-16,23H,5-7,17-18H2,1-4H3,(H,28,30)(H2,25,26,27). The predicted molar refractivity (Wildman–Crippen MR) is 126 cm³/mol. The van der Waals surface area contributed by atoms with E-state index in [1.807, 2.05) is 24.3 Å². The third kappa shape index (κ3) is 7.52. The molecule has 30 heavy (non-hydrogen) atoms. The number of aliphatic imine (C=N–C) groups is 1. The van der Waals surface area contributed by atoms with Crippen molar-refractivity contribution in [2.24, 2.45) is 4.99 Å². The summed E-state index contributed by atoms with van der Waals surface area (Å²) in [6.45, 7) is 12.0. The number of hydrogen-bond donors (Lipinski definition) is 3. The monoisotopic (exact) mass is 409 g/mol. The van der Waals surface area contributed by atoms with Gasteiger partial charge in [0.05, 0.1) is 12.6 Å².